The molecular weight excluding hydrogens is 298 g/mol. The fourth-order valence-corrected chi connectivity index (χ4v) is 2.65. The number of nitrogens with one attached hydrogen (secondary N) is 3. The van der Waals surface area contributed by atoms with Gasteiger partial charge >= 0.3 is 0 Å². The summed E-state index contributed by atoms with van der Waals surface area (Å²) in [5.41, 5.74) is 11.6. The Morgan fingerprint density at radius 1 is 1.38 bits per heavy atom. The number of aromatic nitrogens is 2. The third kappa shape index (κ3) is 4.80. The zero-order chi connectivity index (χ0) is 17.5. The van der Waals surface area contributed by atoms with Crippen LogP contribution in [0.2, 0.25) is 0 Å². The third-order valence-electron chi connectivity index (χ3n) is 3.91. The van der Waals surface area contributed by atoms with E-state index in [-0.39, 0.29) is 5.84 Å². The van der Waals surface area contributed by atoms with Crippen LogP contribution in [0.5, 0.6) is 0 Å². The second kappa shape index (κ2) is 8.45. The van der Waals surface area contributed by atoms with Crippen molar-refractivity contribution in [2.24, 2.45) is 5.73 Å². The molecule has 0 aliphatic heterocycles. The van der Waals surface area contributed by atoms with Crippen molar-refractivity contribution in [3.05, 3.63) is 53.5 Å². The molecule has 0 atom stereocenters. The molecule has 0 unspecified atom stereocenters. The highest BCUT2D eigenvalue weighted by atomic mass is 14.8. The van der Waals surface area contributed by atoms with Gasteiger partial charge in [0.25, 0.3) is 0 Å². The van der Waals surface area contributed by atoms with Crippen LogP contribution < -0.4 is 11.1 Å². The maximum Gasteiger partial charge on any atom is 0.124 e. The Morgan fingerprint density at radius 2 is 2.17 bits per heavy atom. The molecule has 0 bridgehead atoms. The SMILES string of the molecule is C=C(CCNCCC)Cc1[nH]c(-c2ccnc(C)c2)cc1C(=N)N. The maximum absolute atomic E-state index is 7.83. The van der Waals surface area contributed by atoms with Gasteiger partial charge < -0.3 is 16.0 Å². The van der Waals surface area contributed by atoms with Crippen LogP contribution >= 0.6 is 0 Å². The van der Waals surface area contributed by atoms with E-state index in [4.69, 9.17) is 11.1 Å². The van der Waals surface area contributed by atoms with Crippen molar-refractivity contribution in [1.29, 1.82) is 5.41 Å². The van der Waals surface area contributed by atoms with E-state index in [0.29, 0.717) is 6.42 Å². The van der Waals surface area contributed by atoms with E-state index in [1.165, 1.54) is 0 Å². The van der Waals surface area contributed by atoms with Crippen molar-refractivity contribution in [2.75, 3.05) is 13.1 Å². The summed E-state index contributed by atoms with van der Waals surface area (Å²) in [5.74, 6) is 0.0789. The molecule has 0 aliphatic rings. The van der Waals surface area contributed by atoms with Gasteiger partial charge in [-0.25, -0.2) is 0 Å². The summed E-state index contributed by atoms with van der Waals surface area (Å²) in [6.45, 7) is 10.2. The van der Waals surface area contributed by atoms with Gasteiger partial charge in [-0.2, -0.15) is 0 Å². The van der Waals surface area contributed by atoms with Gasteiger partial charge in [-0.15, -0.1) is 0 Å². The summed E-state index contributed by atoms with van der Waals surface area (Å²) >= 11 is 0. The molecule has 2 aromatic rings. The largest absolute Gasteiger partial charge is 0.384 e. The molecule has 0 saturated heterocycles. The smallest absolute Gasteiger partial charge is 0.124 e. The Labute approximate surface area is 143 Å². The van der Waals surface area contributed by atoms with Gasteiger partial charge in [0.1, 0.15) is 5.84 Å². The van der Waals surface area contributed by atoms with Crippen molar-refractivity contribution >= 4 is 5.84 Å². The number of aryl methyl sites for hydroxylation is 1. The number of nitrogens with two attached hydrogens (primary N) is 1. The number of nitrogen functional groups attached to an aromatic ring is 1. The highest BCUT2D eigenvalue weighted by Gasteiger charge is 2.13. The summed E-state index contributed by atoms with van der Waals surface area (Å²) in [4.78, 5) is 7.63. The normalized spacial score (nSPS) is 10.8. The van der Waals surface area contributed by atoms with Crippen LogP contribution in [0.25, 0.3) is 11.3 Å². The van der Waals surface area contributed by atoms with Crippen molar-refractivity contribution in [1.82, 2.24) is 15.3 Å². The van der Waals surface area contributed by atoms with Crippen LogP contribution in [-0.4, -0.2) is 28.9 Å². The summed E-state index contributed by atoms with van der Waals surface area (Å²) < 4.78 is 0. The standard InChI is InChI=1S/C19H27N5/c1-4-7-22-8-5-13(2)10-18-16(19(20)21)12-17(24-18)15-6-9-23-14(3)11-15/h6,9,11-12,22,24H,2,4-5,7-8,10H2,1,3H3,(H3,20,21). The lowest BCUT2D eigenvalue weighted by atomic mass is 10.1. The summed E-state index contributed by atoms with van der Waals surface area (Å²) in [6, 6.07) is 5.91. The maximum atomic E-state index is 7.83. The molecule has 2 aromatic heterocycles. The number of aromatic amines is 1. The van der Waals surface area contributed by atoms with Gasteiger partial charge in [0, 0.05) is 40.8 Å². The van der Waals surface area contributed by atoms with Gasteiger partial charge in [0.15, 0.2) is 0 Å². The summed E-state index contributed by atoms with van der Waals surface area (Å²) in [6.07, 6.45) is 4.54. The molecule has 0 saturated carbocycles. The lowest BCUT2D eigenvalue weighted by Crippen LogP contribution is -2.17. The Kier molecular flexibility index (Phi) is 6.32. The van der Waals surface area contributed by atoms with E-state index < -0.39 is 0 Å². The van der Waals surface area contributed by atoms with Crippen LogP contribution in [0.3, 0.4) is 0 Å². The third-order valence-corrected chi connectivity index (χ3v) is 3.91. The van der Waals surface area contributed by atoms with Crippen LogP contribution in [0, 0.1) is 12.3 Å². The lowest BCUT2D eigenvalue weighted by Gasteiger charge is -2.07. The minimum atomic E-state index is 0.0789. The van der Waals surface area contributed by atoms with Crippen LogP contribution in [-0.2, 0) is 6.42 Å². The number of H-pyrrole nitrogens is 1. The second-order valence-electron chi connectivity index (χ2n) is 6.10. The predicted octanol–water partition coefficient (Wildman–Crippen LogP) is 3.16. The van der Waals surface area contributed by atoms with E-state index in [1.807, 2.05) is 25.1 Å². The highest BCUT2D eigenvalue weighted by molar-refractivity contribution is 5.97. The molecule has 0 aromatic carbocycles. The molecule has 0 fully saturated rings. The van der Waals surface area contributed by atoms with Crippen LogP contribution in [0.15, 0.2) is 36.5 Å². The number of amidine groups is 1. The average Bonchev–Trinajstić information content (AvgIpc) is 2.96. The van der Waals surface area contributed by atoms with Crippen molar-refractivity contribution in [3.8, 4) is 11.3 Å². The zero-order valence-corrected chi connectivity index (χ0v) is 14.6. The first kappa shape index (κ1) is 17.9. The molecule has 24 heavy (non-hydrogen) atoms. The van der Waals surface area contributed by atoms with E-state index >= 15 is 0 Å². The molecule has 5 heteroatoms. The first-order chi connectivity index (χ1) is 11.5. The average molecular weight is 325 g/mol. The molecule has 128 valence electrons. The topological polar surface area (TPSA) is 90.6 Å². The number of hydrogen-bond acceptors (Lipinski definition) is 3. The van der Waals surface area contributed by atoms with Gasteiger partial charge in [0.2, 0.25) is 0 Å². The van der Waals surface area contributed by atoms with Gasteiger partial charge in [-0.05, 0) is 51.1 Å². The monoisotopic (exact) mass is 325 g/mol. The first-order valence-electron chi connectivity index (χ1n) is 8.38. The molecule has 0 amide bonds. The molecule has 0 spiro atoms. The molecule has 2 rings (SSSR count). The fourth-order valence-electron chi connectivity index (χ4n) is 2.65. The Balaban J connectivity index is 2.14. The van der Waals surface area contributed by atoms with Crippen molar-refractivity contribution < 1.29 is 0 Å². The lowest BCUT2D eigenvalue weighted by molar-refractivity contribution is 0.664. The quantitative estimate of drug-likeness (QED) is 0.247. The molecular formula is C19H27N5. The minimum Gasteiger partial charge on any atom is -0.384 e. The molecule has 0 radical (unpaired) electrons. The summed E-state index contributed by atoms with van der Waals surface area (Å²) in [7, 11) is 0. The fraction of sp³-hybridized carbons (Fsp3) is 0.368. The van der Waals surface area contributed by atoms with E-state index in [2.05, 4.69) is 28.8 Å². The van der Waals surface area contributed by atoms with E-state index in [1.54, 1.807) is 6.20 Å². The van der Waals surface area contributed by atoms with Crippen molar-refractivity contribution in [2.45, 2.75) is 33.1 Å². The summed E-state index contributed by atoms with van der Waals surface area (Å²) in [5, 5.41) is 11.2. The number of rotatable bonds is 9. The number of nitrogens with zero attached hydrogens (tertiary/aromatic N) is 1. The van der Waals surface area contributed by atoms with Crippen LogP contribution in [0.4, 0.5) is 0 Å². The van der Waals surface area contributed by atoms with E-state index in [0.717, 1.165) is 59.7 Å². The Morgan fingerprint density at radius 3 is 2.83 bits per heavy atom. The predicted molar refractivity (Wildman–Crippen MR) is 100 cm³/mol. The zero-order valence-electron chi connectivity index (χ0n) is 14.6. The van der Waals surface area contributed by atoms with Gasteiger partial charge in [-0.3, -0.25) is 10.4 Å². The Hall–Kier alpha value is -2.40. The second-order valence-corrected chi connectivity index (χ2v) is 6.10. The minimum absolute atomic E-state index is 0.0789. The first-order valence-corrected chi connectivity index (χ1v) is 8.38. The number of pyridine rings is 1. The van der Waals surface area contributed by atoms with Gasteiger partial charge in [-0.1, -0.05) is 19.1 Å². The Bertz CT molecular complexity index is 714. The highest BCUT2D eigenvalue weighted by Crippen LogP contribution is 2.24. The molecule has 5 nitrogen and oxygen atoms in total. The van der Waals surface area contributed by atoms with E-state index in [9.17, 15) is 0 Å². The molecule has 0 aliphatic carbocycles. The van der Waals surface area contributed by atoms with Gasteiger partial charge in [0.05, 0.1) is 0 Å². The molecule has 2 heterocycles. The van der Waals surface area contributed by atoms with Crippen molar-refractivity contribution in [3.63, 3.8) is 0 Å². The number of hydrogen-bond donors (Lipinski definition) is 4. The van der Waals surface area contributed by atoms with Crippen LogP contribution in [0.1, 0.15) is 36.7 Å². The molecule has 5 N–H and O–H groups in total.